The van der Waals surface area contributed by atoms with Gasteiger partial charge in [0.2, 0.25) is 0 Å². The maximum absolute atomic E-state index is 10.9. The van der Waals surface area contributed by atoms with Gasteiger partial charge in [0.1, 0.15) is 0 Å². The van der Waals surface area contributed by atoms with E-state index in [2.05, 4.69) is 4.84 Å². The number of methoxy groups -OCH3 is 1. The second-order valence-electron chi connectivity index (χ2n) is 2.84. The van der Waals surface area contributed by atoms with E-state index < -0.39 is 5.97 Å². The normalized spacial score (nSPS) is 9.62. The molecule has 0 radical (unpaired) electrons. The molecule has 0 amide bonds. The van der Waals surface area contributed by atoms with E-state index in [4.69, 9.17) is 15.3 Å². The molecule has 0 saturated heterocycles. The summed E-state index contributed by atoms with van der Waals surface area (Å²) in [6.45, 7) is 0.195. The number of hydrogen-bond donors (Lipinski definition) is 2. The molecule has 0 aromatic heterocycles. The van der Waals surface area contributed by atoms with Crippen LogP contribution in [0.25, 0.3) is 0 Å². The van der Waals surface area contributed by atoms with Gasteiger partial charge in [0.15, 0.2) is 11.5 Å². The van der Waals surface area contributed by atoms with Crippen molar-refractivity contribution in [3.05, 3.63) is 24.3 Å². The van der Waals surface area contributed by atoms with Crippen LogP contribution < -0.4 is 20.9 Å². The van der Waals surface area contributed by atoms with E-state index in [9.17, 15) is 4.79 Å². The minimum Gasteiger partial charge on any atom is -0.493 e. The number of hydrogen-bond acceptors (Lipinski definition) is 6. The van der Waals surface area contributed by atoms with Gasteiger partial charge in [-0.1, -0.05) is 17.7 Å². The average molecular weight is 226 g/mol. The molecular formula is C10H14N2O4. The molecule has 6 heteroatoms. The van der Waals surface area contributed by atoms with Gasteiger partial charge in [0, 0.05) is 0 Å². The first-order chi connectivity index (χ1) is 7.77. The molecule has 0 fully saturated rings. The largest absolute Gasteiger partial charge is 0.493 e. The van der Waals surface area contributed by atoms with Gasteiger partial charge >= 0.3 is 5.97 Å². The van der Waals surface area contributed by atoms with Crippen molar-refractivity contribution in [2.24, 2.45) is 5.84 Å². The van der Waals surface area contributed by atoms with Crippen LogP contribution in [0.4, 0.5) is 0 Å². The van der Waals surface area contributed by atoms with Crippen molar-refractivity contribution < 1.29 is 19.1 Å². The lowest BCUT2D eigenvalue weighted by Crippen LogP contribution is -2.26. The molecule has 0 aliphatic heterocycles. The quantitative estimate of drug-likeness (QED) is 0.539. The molecule has 0 spiro atoms. The summed E-state index contributed by atoms with van der Waals surface area (Å²) in [5, 5.41) is 0. The molecule has 0 bridgehead atoms. The SMILES string of the molecule is COc1ccccc1OCCC(=O)ONN. The fourth-order valence-corrected chi connectivity index (χ4v) is 1.10. The van der Waals surface area contributed by atoms with E-state index in [1.54, 1.807) is 19.2 Å². The smallest absolute Gasteiger partial charge is 0.329 e. The lowest BCUT2D eigenvalue weighted by molar-refractivity contribution is -0.151. The third-order valence-electron chi connectivity index (χ3n) is 1.81. The maximum Gasteiger partial charge on any atom is 0.329 e. The van der Waals surface area contributed by atoms with Crippen molar-refractivity contribution in [2.75, 3.05) is 13.7 Å². The molecule has 1 aromatic carbocycles. The minimum absolute atomic E-state index is 0.0995. The molecule has 0 aliphatic rings. The van der Waals surface area contributed by atoms with Crippen LogP contribution in [0.3, 0.4) is 0 Å². The second kappa shape index (κ2) is 6.65. The first-order valence-corrected chi connectivity index (χ1v) is 4.69. The summed E-state index contributed by atoms with van der Waals surface area (Å²) in [5.74, 6) is 5.52. The molecule has 6 nitrogen and oxygen atoms in total. The van der Waals surface area contributed by atoms with E-state index >= 15 is 0 Å². The minimum atomic E-state index is -0.489. The summed E-state index contributed by atoms with van der Waals surface area (Å²) in [6, 6.07) is 7.18. The van der Waals surface area contributed by atoms with Crippen molar-refractivity contribution in [1.29, 1.82) is 0 Å². The highest BCUT2D eigenvalue weighted by Crippen LogP contribution is 2.25. The van der Waals surface area contributed by atoms with Crippen LogP contribution >= 0.6 is 0 Å². The molecule has 16 heavy (non-hydrogen) atoms. The third-order valence-corrected chi connectivity index (χ3v) is 1.81. The molecule has 0 heterocycles. The molecule has 1 rings (SSSR count). The van der Waals surface area contributed by atoms with Crippen molar-refractivity contribution in [1.82, 2.24) is 5.59 Å². The Hall–Kier alpha value is -1.79. The fraction of sp³-hybridized carbons (Fsp3) is 0.300. The van der Waals surface area contributed by atoms with E-state index in [0.29, 0.717) is 11.5 Å². The summed E-state index contributed by atoms with van der Waals surface area (Å²) in [5.41, 5.74) is 1.81. The number of rotatable bonds is 6. The molecule has 1 aromatic rings. The van der Waals surface area contributed by atoms with E-state index in [1.807, 2.05) is 17.7 Å². The summed E-state index contributed by atoms with van der Waals surface area (Å²) in [6.07, 6.45) is 0.0995. The Bertz CT molecular complexity index is 343. The Morgan fingerprint density at radius 2 is 2.06 bits per heavy atom. The number of carbonyl (C=O) groups is 1. The van der Waals surface area contributed by atoms with E-state index in [1.165, 1.54) is 0 Å². The van der Waals surface area contributed by atoms with Gasteiger partial charge < -0.3 is 14.3 Å². The van der Waals surface area contributed by atoms with Gasteiger partial charge in [0.05, 0.1) is 20.1 Å². The highest BCUT2D eigenvalue weighted by molar-refractivity contribution is 5.69. The molecule has 0 atom stereocenters. The Kier molecular flexibility index (Phi) is 5.10. The van der Waals surface area contributed by atoms with Crippen LogP contribution in [0, 0.1) is 0 Å². The first-order valence-electron chi connectivity index (χ1n) is 4.69. The van der Waals surface area contributed by atoms with Gasteiger partial charge in [0.25, 0.3) is 0 Å². The topological polar surface area (TPSA) is 82.8 Å². The lowest BCUT2D eigenvalue weighted by atomic mass is 10.3. The number of nitrogens with two attached hydrogens (primary N) is 1. The fourth-order valence-electron chi connectivity index (χ4n) is 1.10. The van der Waals surface area contributed by atoms with Gasteiger partial charge in [-0.25, -0.2) is 5.84 Å². The molecular weight excluding hydrogens is 212 g/mol. The summed E-state index contributed by atoms with van der Waals surface area (Å²) >= 11 is 0. The van der Waals surface area contributed by atoms with E-state index in [0.717, 1.165) is 0 Å². The molecule has 0 aliphatic carbocycles. The van der Waals surface area contributed by atoms with Crippen LogP contribution in [0.2, 0.25) is 0 Å². The van der Waals surface area contributed by atoms with Crippen LogP contribution in [0.15, 0.2) is 24.3 Å². The number of carbonyl (C=O) groups excluding carboxylic acids is 1. The average Bonchev–Trinajstić information content (AvgIpc) is 2.30. The number of para-hydroxylation sites is 2. The third kappa shape index (κ3) is 3.76. The van der Waals surface area contributed by atoms with E-state index in [-0.39, 0.29) is 13.0 Å². The summed E-state index contributed by atoms with van der Waals surface area (Å²) in [7, 11) is 1.55. The van der Waals surface area contributed by atoms with Crippen LogP contribution in [-0.2, 0) is 9.63 Å². The summed E-state index contributed by atoms with van der Waals surface area (Å²) < 4.78 is 10.4. The van der Waals surface area contributed by atoms with Crippen LogP contribution in [0.5, 0.6) is 11.5 Å². The predicted octanol–water partition coefficient (Wildman–Crippen LogP) is 0.386. The lowest BCUT2D eigenvalue weighted by Gasteiger charge is -2.09. The van der Waals surface area contributed by atoms with Crippen molar-refractivity contribution in [3.8, 4) is 11.5 Å². The first kappa shape index (κ1) is 12.3. The van der Waals surface area contributed by atoms with Gasteiger partial charge in [-0.3, -0.25) is 4.79 Å². The zero-order chi connectivity index (χ0) is 11.8. The number of nitrogens with one attached hydrogen (secondary N) is 1. The Morgan fingerprint density at radius 1 is 1.38 bits per heavy atom. The van der Waals surface area contributed by atoms with Gasteiger partial charge in [-0.05, 0) is 12.1 Å². The highest BCUT2D eigenvalue weighted by Gasteiger charge is 2.05. The maximum atomic E-state index is 10.9. The van der Waals surface area contributed by atoms with Gasteiger partial charge in [-0.2, -0.15) is 0 Å². The zero-order valence-electron chi connectivity index (χ0n) is 8.93. The predicted molar refractivity (Wildman–Crippen MR) is 56.5 cm³/mol. The van der Waals surface area contributed by atoms with Crippen LogP contribution in [-0.4, -0.2) is 19.7 Å². The number of ether oxygens (including phenoxy) is 2. The number of hydrazine groups is 1. The van der Waals surface area contributed by atoms with Crippen LogP contribution in [0.1, 0.15) is 6.42 Å². The van der Waals surface area contributed by atoms with Crippen molar-refractivity contribution in [2.45, 2.75) is 6.42 Å². The molecule has 3 N–H and O–H groups in total. The zero-order valence-corrected chi connectivity index (χ0v) is 8.93. The van der Waals surface area contributed by atoms with Gasteiger partial charge in [-0.15, -0.1) is 0 Å². The Labute approximate surface area is 93.2 Å². The van der Waals surface area contributed by atoms with Crippen molar-refractivity contribution >= 4 is 5.97 Å². The summed E-state index contributed by atoms with van der Waals surface area (Å²) in [4.78, 5) is 15.2. The number of benzene rings is 1. The highest BCUT2D eigenvalue weighted by atomic mass is 16.7. The molecule has 0 unspecified atom stereocenters. The second-order valence-corrected chi connectivity index (χ2v) is 2.84. The Morgan fingerprint density at radius 3 is 2.69 bits per heavy atom. The van der Waals surface area contributed by atoms with Crippen molar-refractivity contribution in [3.63, 3.8) is 0 Å². The standard InChI is InChI=1S/C10H14N2O4/c1-14-8-4-2-3-5-9(8)15-7-6-10(13)16-12-11/h2-5,12H,6-7,11H2,1H3. The monoisotopic (exact) mass is 226 g/mol. The Balaban J connectivity index is 2.39. The molecule has 0 saturated carbocycles. The molecule has 88 valence electrons.